The number of carboxylic acids is 4. The van der Waals surface area contributed by atoms with Crippen LogP contribution in [0.4, 0.5) is 0 Å². The van der Waals surface area contributed by atoms with Gasteiger partial charge < -0.3 is 63.8 Å². The van der Waals surface area contributed by atoms with Crippen molar-refractivity contribution in [2.75, 3.05) is 6.54 Å². The molecule has 22 heteroatoms. The first-order valence-electron chi connectivity index (χ1n) is 18.7. The van der Waals surface area contributed by atoms with Gasteiger partial charge in [0.1, 0.15) is 36.3 Å². The Morgan fingerprint density at radius 1 is 0.491 bits per heavy atom. The predicted molar refractivity (Wildman–Crippen MR) is 201 cm³/mol. The van der Waals surface area contributed by atoms with Crippen LogP contribution in [0, 0.1) is 11.8 Å². The van der Waals surface area contributed by atoms with Crippen molar-refractivity contribution in [1.29, 1.82) is 0 Å². The number of hydrogen-bond acceptors (Lipinski definition) is 12. The minimum atomic E-state index is -1.53. The van der Waals surface area contributed by atoms with Gasteiger partial charge in [0.25, 0.3) is 0 Å². The number of nitrogens with one attached hydrogen (secondary N) is 6. The lowest BCUT2D eigenvalue weighted by Crippen LogP contribution is -2.60. The van der Waals surface area contributed by atoms with Gasteiger partial charge in [0, 0.05) is 19.3 Å². The van der Waals surface area contributed by atoms with E-state index in [9.17, 15) is 63.3 Å². The molecule has 22 nitrogen and oxygen atoms in total. The Hall–Kier alpha value is -5.38. The number of rotatable bonds is 29. The van der Waals surface area contributed by atoms with E-state index in [-0.39, 0.29) is 25.2 Å². The molecule has 14 N–H and O–H groups in total. The zero-order valence-electron chi connectivity index (χ0n) is 33.0. The minimum absolute atomic E-state index is 0.00190. The SMILES string of the molecule is CC(C)C[C@H](NC(=O)[C@H](C)NC(=O)[C@H](CCC(=O)O)NC(=O)[C@@H](NC(=O)[C@@H](N)CCC(=O)O)C(C)C)C(=O)N[C@@H](CCC(=O)O)C(=O)N[C@@H](CCCCN)C(=O)O. The highest BCUT2D eigenvalue weighted by molar-refractivity contribution is 5.97. The summed E-state index contributed by atoms with van der Waals surface area (Å²) in [6.45, 7) is 8.10. The highest BCUT2D eigenvalue weighted by atomic mass is 16.4. The molecule has 57 heavy (non-hydrogen) atoms. The Balaban J connectivity index is 6.03. The molecule has 0 aliphatic rings. The second-order valence-corrected chi connectivity index (χ2v) is 14.4. The van der Waals surface area contributed by atoms with Gasteiger partial charge in [-0.2, -0.15) is 0 Å². The van der Waals surface area contributed by atoms with E-state index in [0.29, 0.717) is 19.4 Å². The number of hydrogen-bond donors (Lipinski definition) is 12. The first-order valence-corrected chi connectivity index (χ1v) is 18.7. The van der Waals surface area contributed by atoms with Crippen LogP contribution in [0.5, 0.6) is 0 Å². The highest BCUT2D eigenvalue weighted by Gasteiger charge is 2.34. The van der Waals surface area contributed by atoms with E-state index in [4.69, 9.17) is 16.6 Å². The molecule has 0 unspecified atom stereocenters. The number of amides is 6. The van der Waals surface area contributed by atoms with Crippen molar-refractivity contribution >= 4 is 59.3 Å². The molecule has 0 fully saturated rings. The van der Waals surface area contributed by atoms with E-state index in [1.165, 1.54) is 6.92 Å². The van der Waals surface area contributed by atoms with Crippen molar-refractivity contribution in [2.45, 2.75) is 141 Å². The predicted octanol–water partition coefficient (Wildman–Crippen LogP) is -2.25. The highest BCUT2D eigenvalue weighted by Crippen LogP contribution is 2.10. The number of carbonyl (C=O) groups excluding carboxylic acids is 6. The lowest BCUT2D eigenvalue weighted by Gasteiger charge is -2.27. The Morgan fingerprint density at radius 2 is 0.930 bits per heavy atom. The molecule has 0 aromatic carbocycles. The number of carbonyl (C=O) groups is 10. The number of nitrogens with two attached hydrogens (primary N) is 2. The Bertz CT molecular complexity index is 1430. The van der Waals surface area contributed by atoms with E-state index < -0.39 is 140 Å². The second-order valence-electron chi connectivity index (χ2n) is 14.4. The summed E-state index contributed by atoms with van der Waals surface area (Å²) in [7, 11) is 0. The van der Waals surface area contributed by atoms with Gasteiger partial charge in [-0.3, -0.25) is 43.2 Å². The monoisotopic (exact) mass is 816 g/mol. The number of unbranched alkanes of at least 4 members (excludes halogenated alkanes) is 1. The van der Waals surface area contributed by atoms with Gasteiger partial charge in [-0.1, -0.05) is 27.7 Å². The summed E-state index contributed by atoms with van der Waals surface area (Å²) in [6, 6.07) is -9.67. The maximum absolute atomic E-state index is 13.5. The van der Waals surface area contributed by atoms with Crippen molar-refractivity contribution in [1.82, 2.24) is 31.9 Å². The van der Waals surface area contributed by atoms with E-state index in [1.54, 1.807) is 27.7 Å². The maximum Gasteiger partial charge on any atom is 0.326 e. The van der Waals surface area contributed by atoms with Crippen LogP contribution in [0.25, 0.3) is 0 Å². The maximum atomic E-state index is 13.5. The molecule has 0 aliphatic heterocycles. The molecule has 7 atom stereocenters. The zero-order chi connectivity index (χ0) is 44.0. The van der Waals surface area contributed by atoms with Gasteiger partial charge in [0.05, 0.1) is 6.04 Å². The molecule has 0 radical (unpaired) electrons. The fraction of sp³-hybridized carbons (Fsp3) is 0.714. The Labute approximate surface area is 330 Å². The van der Waals surface area contributed by atoms with Gasteiger partial charge in [-0.25, -0.2) is 4.79 Å². The third kappa shape index (κ3) is 21.5. The Morgan fingerprint density at radius 3 is 1.39 bits per heavy atom. The summed E-state index contributed by atoms with van der Waals surface area (Å²) in [5, 5.41) is 51.3. The van der Waals surface area contributed by atoms with Crippen molar-refractivity contribution in [3.05, 3.63) is 0 Å². The fourth-order valence-corrected chi connectivity index (χ4v) is 5.21. The summed E-state index contributed by atoms with van der Waals surface area (Å²) in [6.07, 6.45) is -1.77. The van der Waals surface area contributed by atoms with E-state index in [1.807, 2.05) is 0 Å². The van der Waals surface area contributed by atoms with Crippen LogP contribution in [-0.4, -0.2) is 129 Å². The first-order chi connectivity index (χ1) is 26.5. The molecular weight excluding hydrogens is 756 g/mol. The van der Waals surface area contributed by atoms with Crippen molar-refractivity contribution in [2.24, 2.45) is 23.3 Å². The fourth-order valence-electron chi connectivity index (χ4n) is 5.21. The van der Waals surface area contributed by atoms with Gasteiger partial charge in [0.2, 0.25) is 35.4 Å². The quantitative estimate of drug-likeness (QED) is 0.0355. The molecule has 0 heterocycles. The molecule has 0 aromatic rings. The van der Waals surface area contributed by atoms with Gasteiger partial charge >= 0.3 is 23.9 Å². The topological polar surface area (TPSA) is 376 Å². The summed E-state index contributed by atoms with van der Waals surface area (Å²) in [4.78, 5) is 124. The third-order valence-electron chi connectivity index (χ3n) is 8.47. The van der Waals surface area contributed by atoms with Gasteiger partial charge in [-0.05, 0) is 70.3 Å². The smallest absolute Gasteiger partial charge is 0.326 e. The molecule has 0 spiro atoms. The molecule has 0 aliphatic carbocycles. The van der Waals surface area contributed by atoms with Crippen molar-refractivity contribution in [3.63, 3.8) is 0 Å². The molecule has 6 amide bonds. The normalized spacial score (nSPS) is 14.8. The standard InChI is InChI=1S/C35H60N8O14/c1-17(2)16-24(33(54)39-22(11-14-27(48)49)32(53)41-23(35(56)57)8-6-7-15-36)42-29(50)19(5)38-31(52)21(10-13-26(46)47)40-34(55)28(18(3)4)43-30(51)20(37)9-12-25(44)45/h17-24,28H,6-16,36-37H2,1-5H3,(H,38,52)(H,39,54)(H,40,55)(H,41,53)(H,42,50)(H,43,51)(H,44,45)(H,46,47)(H,48,49)(H,56,57)/t19-,20-,21-,22-,23-,24-,28-/m0/s1. The lowest BCUT2D eigenvalue weighted by atomic mass is 10.0. The molecular formula is C35H60N8O14. The Kier molecular flexibility index (Phi) is 24.0. The van der Waals surface area contributed by atoms with E-state index >= 15 is 0 Å². The summed E-state index contributed by atoms with van der Waals surface area (Å²) in [5.74, 6) is -11.5. The minimum Gasteiger partial charge on any atom is -0.481 e. The van der Waals surface area contributed by atoms with Crippen molar-refractivity contribution < 1.29 is 68.4 Å². The van der Waals surface area contributed by atoms with Crippen LogP contribution in [0.3, 0.4) is 0 Å². The average molecular weight is 817 g/mol. The van der Waals surface area contributed by atoms with Gasteiger partial charge in [0.15, 0.2) is 0 Å². The lowest BCUT2D eigenvalue weighted by molar-refractivity contribution is -0.143. The van der Waals surface area contributed by atoms with Crippen LogP contribution < -0.4 is 43.4 Å². The van der Waals surface area contributed by atoms with E-state index in [0.717, 1.165) is 0 Å². The van der Waals surface area contributed by atoms with Crippen LogP contribution in [0.1, 0.15) is 98.8 Å². The number of carboxylic acid groups (broad SMARTS) is 4. The average Bonchev–Trinajstić information content (AvgIpc) is 3.10. The first kappa shape index (κ1) is 51.6. The molecule has 0 saturated carbocycles. The summed E-state index contributed by atoms with van der Waals surface area (Å²) < 4.78 is 0. The van der Waals surface area contributed by atoms with Crippen LogP contribution in [-0.2, 0) is 47.9 Å². The zero-order valence-corrected chi connectivity index (χ0v) is 33.0. The number of aliphatic carboxylic acids is 4. The van der Waals surface area contributed by atoms with Gasteiger partial charge in [-0.15, -0.1) is 0 Å². The van der Waals surface area contributed by atoms with Crippen molar-refractivity contribution in [3.8, 4) is 0 Å². The molecule has 0 saturated heterocycles. The second kappa shape index (κ2) is 26.5. The van der Waals surface area contributed by atoms with E-state index in [2.05, 4.69) is 31.9 Å². The summed E-state index contributed by atoms with van der Waals surface area (Å²) in [5.41, 5.74) is 11.2. The molecule has 0 aromatic heterocycles. The van der Waals surface area contributed by atoms with Crippen LogP contribution >= 0.6 is 0 Å². The molecule has 0 rings (SSSR count). The summed E-state index contributed by atoms with van der Waals surface area (Å²) >= 11 is 0. The largest absolute Gasteiger partial charge is 0.481 e. The van der Waals surface area contributed by atoms with Crippen LogP contribution in [0.2, 0.25) is 0 Å². The molecule has 324 valence electrons. The molecule has 0 bridgehead atoms. The third-order valence-corrected chi connectivity index (χ3v) is 8.47. The van der Waals surface area contributed by atoms with Crippen LogP contribution in [0.15, 0.2) is 0 Å².